The van der Waals surface area contributed by atoms with Gasteiger partial charge in [0.1, 0.15) is 22.2 Å². The second-order valence-corrected chi connectivity index (χ2v) is 8.50. The van der Waals surface area contributed by atoms with Crippen molar-refractivity contribution in [3.05, 3.63) is 27.7 Å². The van der Waals surface area contributed by atoms with Gasteiger partial charge in [0.25, 0.3) is 0 Å². The fourth-order valence-corrected chi connectivity index (χ4v) is 2.78. The third-order valence-electron chi connectivity index (χ3n) is 3.62. The van der Waals surface area contributed by atoms with Crippen LogP contribution in [0.3, 0.4) is 0 Å². The molecule has 2 N–H and O–H groups in total. The molecule has 0 amide bonds. The Bertz CT molecular complexity index is 669. The Morgan fingerprint density at radius 3 is 2.33 bits per heavy atom. The van der Waals surface area contributed by atoms with Gasteiger partial charge in [-0.05, 0) is 59.1 Å². The maximum atomic E-state index is 12.3. The first-order valence-corrected chi connectivity index (χ1v) is 9.80. The number of esters is 1. The lowest BCUT2D eigenvalue weighted by atomic mass is 10.00. The van der Waals surface area contributed by atoms with Gasteiger partial charge in [0, 0.05) is 12.8 Å². The fraction of sp³-hybridized carbons (Fsp3) is 0.600. The van der Waals surface area contributed by atoms with Gasteiger partial charge in [0.15, 0.2) is 0 Å². The van der Waals surface area contributed by atoms with Crippen molar-refractivity contribution in [2.24, 2.45) is 5.73 Å². The van der Waals surface area contributed by atoms with Crippen molar-refractivity contribution in [2.75, 3.05) is 0 Å². The predicted octanol–water partition coefficient (Wildman–Crippen LogP) is 4.73. The average molecular weight is 418 g/mol. The van der Waals surface area contributed by atoms with Crippen LogP contribution in [0, 0.1) is 0 Å². The van der Waals surface area contributed by atoms with Crippen molar-refractivity contribution >= 4 is 35.0 Å². The number of benzene rings is 1. The van der Waals surface area contributed by atoms with E-state index in [-0.39, 0.29) is 37.1 Å². The molecule has 0 aliphatic carbocycles. The topological polar surface area (TPSA) is 78.6 Å². The third kappa shape index (κ3) is 8.50. The van der Waals surface area contributed by atoms with E-state index in [1.54, 1.807) is 32.9 Å². The molecule has 7 heteroatoms. The summed E-state index contributed by atoms with van der Waals surface area (Å²) in [6.07, 6.45) is 0.940. The number of Topliss-reactive ketones (excluding diaryl/α,β-unsaturated/α-hetero) is 1. The lowest BCUT2D eigenvalue weighted by molar-refractivity contribution is -0.155. The largest absolute Gasteiger partial charge is 0.489 e. The molecule has 0 aromatic heterocycles. The predicted molar refractivity (Wildman–Crippen MR) is 109 cm³/mol. The van der Waals surface area contributed by atoms with Crippen molar-refractivity contribution < 1.29 is 19.1 Å². The van der Waals surface area contributed by atoms with Crippen molar-refractivity contribution in [2.45, 2.75) is 78.0 Å². The van der Waals surface area contributed by atoms with Gasteiger partial charge in [0.05, 0.1) is 17.2 Å². The van der Waals surface area contributed by atoms with Crippen LogP contribution >= 0.6 is 23.2 Å². The average Bonchev–Trinajstić information content (AvgIpc) is 2.54. The van der Waals surface area contributed by atoms with Crippen LogP contribution in [0.1, 0.15) is 59.4 Å². The highest BCUT2D eigenvalue weighted by atomic mass is 35.5. The standard InChI is InChI=1S/C20H29Cl2NO4/c1-12(2)26-19-13(6-8-14(21)18(19)22)7-10-16(24)15(23)9-11-17(25)27-20(3,4)5/h6,8,12,15H,7,9-11,23H2,1-5H3/t15-/m1/s1. The monoisotopic (exact) mass is 417 g/mol. The zero-order valence-corrected chi connectivity index (χ0v) is 18.1. The number of carbonyl (C=O) groups excluding carboxylic acids is 2. The molecule has 27 heavy (non-hydrogen) atoms. The second kappa shape index (κ2) is 10.3. The lowest BCUT2D eigenvalue weighted by Crippen LogP contribution is -2.32. The second-order valence-electron chi connectivity index (χ2n) is 7.71. The van der Waals surface area contributed by atoms with E-state index in [1.807, 2.05) is 13.8 Å². The van der Waals surface area contributed by atoms with Gasteiger partial charge in [-0.1, -0.05) is 29.3 Å². The summed E-state index contributed by atoms with van der Waals surface area (Å²) in [5, 5.41) is 0.737. The number of aryl methyl sites for hydroxylation is 1. The number of ether oxygens (including phenoxy) is 2. The van der Waals surface area contributed by atoms with Crippen LogP contribution in [-0.2, 0) is 20.7 Å². The van der Waals surface area contributed by atoms with E-state index in [9.17, 15) is 9.59 Å². The van der Waals surface area contributed by atoms with Crippen LogP contribution in [0.2, 0.25) is 10.0 Å². The first-order valence-electron chi connectivity index (χ1n) is 9.04. The first kappa shape index (κ1) is 23.7. The van der Waals surface area contributed by atoms with Crippen molar-refractivity contribution in [1.82, 2.24) is 0 Å². The molecular formula is C20H29Cl2NO4. The number of ketones is 1. The molecule has 0 aliphatic heterocycles. The molecule has 0 fully saturated rings. The van der Waals surface area contributed by atoms with E-state index in [0.717, 1.165) is 5.56 Å². The zero-order valence-electron chi connectivity index (χ0n) is 16.6. The Balaban J connectivity index is 2.63. The van der Waals surface area contributed by atoms with Crippen molar-refractivity contribution in [3.8, 4) is 5.75 Å². The summed E-state index contributed by atoms with van der Waals surface area (Å²) in [5.41, 5.74) is 6.18. The van der Waals surface area contributed by atoms with Gasteiger partial charge in [-0.15, -0.1) is 0 Å². The van der Waals surface area contributed by atoms with Crippen molar-refractivity contribution in [3.63, 3.8) is 0 Å². The Labute approximate surface area is 171 Å². The van der Waals surface area contributed by atoms with Gasteiger partial charge in [-0.2, -0.15) is 0 Å². The summed E-state index contributed by atoms with van der Waals surface area (Å²) in [4.78, 5) is 24.1. The summed E-state index contributed by atoms with van der Waals surface area (Å²) >= 11 is 12.3. The fourth-order valence-electron chi connectivity index (χ4n) is 2.40. The zero-order chi connectivity index (χ0) is 20.8. The Morgan fingerprint density at radius 2 is 1.78 bits per heavy atom. The number of carbonyl (C=O) groups is 2. The van der Waals surface area contributed by atoms with E-state index in [0.29, 0.717) is 22.2 Å². The molecule has 1 aromatic rings. The normalized spacial score (nSPS) is 12.8. The molecule has 0 radical (unpaired) electrons. The minimum atomic E-state index is -0.713. The van der Waals surface area contributed by atoms with Crippen LogP contribution < -0.4 is 10.5 Å². The summed E-state index contributed by atoms with van der Waals surface area (Å²) in [7, 11) is 0. The lowest BCUT2D eigenvalue weighted by Gasteiger charge is -2.20. The van der Waals surface area contributed by atoms with Gasteiger partial charge in [-0.25, -0.2) is 0 Å². The molecule has 0 bridgehead atoms. The van der Waals surface area contributed by atoms with Gasteiger partial charge in [0.2, 0.25) is 0 Å². The minimum absolute atomic E-state index is 0.0773. The molecule has 1 rings (SSSR count). The molecule has 0 saturated heterocycles. The summed E-state index contributed by atoms with van der Waals surface area (Å²) in [6.45, 7) is 9.16. The Hall–Kier alpha value is -1.30. The maximum absolute atomic E-state index is 12.3. The smallest absolute Gasteiger partial charge is 0.306 e. The molecule has 0 aliphatic rings. The van der Waals surface area contributed by atoms with Crippen LogP contribution in [0.25, 0.3) is 0 Å². The molecule has 1 aromatic carbocycles. The molecule has 0 saturated carbocycles. The molecule has 0 unspecified atom stereocenters. The van der Waals surface area contributed by atoms with Crippen LogP contribution in [-0.4, -0.2) is 29.5 Å². The Kier molecular flexibility index (Phi) is 9.06. The number of hydrogen-bond acceptors (Lipinski definition) is 5. The molecule has 1 atom stereocenters. The molecule has 5 nitrogen and oxygen atoms in total. The molecule has 152 valence electrons. The summed E-state index contributed by atoms with van der Waals surface area (Å²) < 4.78 is 11.0. The minimum Gasteiger partial charge on any atom is -0.489 e. The first-order chi connectivity index (χ1) is 12.4. The van der Waals surface area contributed by atoms with E-state index in [1.165, 1.54) is 0 Å². The van der Waals surface area contributed by atoms with Crippen LogP contribution in [0.4, 0.5) is 0 Å². The van der Waals surface area contributed by atoms with E-state index in [4.69, 9.17) is 38.4 Å². The molecule has 0 spiro atoms. The highest BCUT2D eigenvalue weighted by molar-refractivity contribution is 6.43. The van der Waals surface area contributed by atoms with E-state index >= 15 is 0 Å². The highest BCUT2D eigenvalue weighted by Gasteiger charge is 2.21. The van der Waals surface area contributed by atoms with E-state index < -0.39 is 11.6 Å². The summed E-state index contributed by atoms with van der Waals surface area (Å²) in [6, 6.07) is 2.76. The highest BCUT2D eigenvalue weighted by Crippen LogP contribution is 2.36. The van der Waals surface area contributed by atoms with E-state index in [2.05, 4.69) is 0 Å². The Morgan fingerprint density at radius 1 is 1.15 bits per heavy atom. The number of rotatable bonds is 9. The maximum Gasteiger partial charge on any atom is 0.306 e. The molecular weight excluding hydrogens is 389 g/mol. The van der Waals surface area contributed by atoms with Gasteiger partial charge < -0.3 is 15.2 Å². The van der Waals surface area contributed by atoms with Crippen molar-refractivity contribution in [1.29, 1.82) is 0 Å². The van der Waals surface area contributed by atoms with Gasteiger partial charge >= 0.3 is 5.97 Å². The van der Waals surface area contributed by atoms with Crippen LogP contribution in [0.5, 0.6) is 5.75 Å². The number of nitrogens with two attached hydrogens (primary N) is 1. The molecule has 0 heterocycles. The van der Waals surface area contributed by atoms with Gasteiger partial charge in [-0.3, -0.25) is 9.59 Å². The SMILES string of the molecule is CC(C)Oc1c(CCC(=O)[C@H](N)CCC(=O)OC(C)(C)C)ccc(Cl)c1Cl. The quantitative estimate of drug-likeness (QED) is 0.587. The van der Waals surface area contributed by atoms with Crippen LogP contribution in [0.15, 0.2) is 12.1 Å². The number of halogens is 2. The third-order valence-corrected chi connectivity index (χ3v) is 4.41. The number of hydrogen-bond donors (Lipinski definition) is 1. The summed E-state index contributed by atoms with van der Waals surface area (Å²) in [5.74, 6) is 0.0114.